The molecule has 1 saturated heterocycles. The summed E-state index contributed by atoms with van der Waals surface area (Å²) in [5, 5.41) is 0.563. The van der Waals surface area contributed by atoms with Crippen molar-refractivity contribution in [1.29, 1.82) is 0 Å². The van der Waals surface area contributed by atoms with Crippen molar-refractivity contribution in [3.8, 4) is 0 Å². The van der Waals surface area contributed by atoms with Crippen molar-refractivity contribution < 1.29 is 19.2 Å². The largest absolute Gasteiger partial charge is 0.443 e. The molecular weight excluding hydrogens is 224 g/mol. The van der Waals surface area contributed by atoms with Gasteiger partial charge in [-0.2, -0.15) is 0 Å². The Balaban J connectivity index is 1.88. The van der Waals surface area contributed by atoms with E-state index in [2.05, 4.69) is 0 Å². The zero-order valence-electron chi connectivity index (χ0n) is 9.04. The molecule has 0 aromatic heterocycles. The summed E-state index contributed by atoms with van der Waals surface area (Å²) in [7, 11) is 0. The molecule has 1 atom stereocenters. The van der Waals surface area contributed by atoms with Crippen molar-refractivity contribution in [3.63, 3.8) is 0 Å². The number of rotatable bonds is 2. The molecule has 1 aliphatic rings. The zero-order chi connectivity index (χ0) is 12.3. The second-order valence-electron chi connectivity index (χ2n) is 3.58. The van der Waals surface area contributed by atoms with E-state index in [0.717, 1.165) is 5.56 Å². The van der Waals surface area contributed by atoms with Gasteiger partial charge in [0.05, 0.1) is 6.61 Å². The van der Waals surface area contributed by atoms with Crippen LogP contribution < -0.4 is 5.73 Å². The highest BCUT2D eigenvalue weighted by Crippen LogP contribution is 2.09. The molecule has 17 heavy (non-hydrogen) atoms. The van der Waals surface area contributed by atoms with E-state index in [0.29, 0.717) is 5.06 Å². The van der Waals surface area contributed by atoms with Crippen LogP contribution in [-0.2, 0) is 21.0 Å². The Labute approximate surface area is 97.9 Å². The lowest BCUT2D eigenvalue weighted by molar-refractivity contribution is -0.153. The van der Waals surface area contributed by atoms with Crippen LogP contribution in [0.2, 0.25) is 0 Å². The van der Waals surface area contributed by atoms with E-state index < -0.39 is 18.0 Å². The average molecular weight is 236 g/mol. The van der Waals surface area contributed by atoms with Crippen LogP contribution in [0, 0.1) is 0 Å². The molecule has 0 bridgehead atoms. The Kier molecular flexibility index (Phi) is 3.36. The van der Waals surface area contributed by atoms with E-state index in [-0.39, 0.29) is 13.2 Å². The summed E-state index contributed by atoms with van der Waals surface area (Å²) in [4.78, 5) is 27.6. The Hall–Kier alpha value is -1.92. The number of hydrogen-bond donors (Lipinski definition) is 1. The lowest BCUT2D eigenvalue weighted by Crippen LogP contribution is -2.38. The second kappa shape index (κ2) is 4.94. The van der Waals surface area contributed by atoms with Crippen molar-refractivity contribution in [2.75, 3.05) is 6.61 Å². The van der Waals surface area contributed by atoms with Gasteiger partial charge in [-0.15, -0.1) is 5.06 Å². The first kappa shape index (κ1) is 11.6. The van der Waals surface area contributed by atoms with Crippen molar-refractivity contribution in [2.24, 2.45) is 5.73 Å². The number of carbonyl (C=O) groups is 2. The zero-order valence-corrected chi connectivity index (χ0v) is 9.04. The number of nitrogens with two attached hydrogens (primary N) is 1. The summed E-state index contributed by atoms with van der Waals surface area (Å²) in [6.45, 7) is 0.0846. The Morgan fingerprint density at radius 3 is 2.76 bits per heavy atom. The minimum atomic E-state index is -0.841. The number of hydroxylamine groups is 2. The summed E-state index contributed by atoms with van der Waals surface area (Å²) >= 11 is 0. The Bertz CT molecular complexity index is 421. The molecule has 2 amide bonds. The van der Waals surface area contributed by atoms with Crippen LogP contribution in [0.15, 0.2) is 30.3 Å². The molecule has 0 saturated carbocycles. The fourth-order valence-electron chi connectivity index (χ4n) is 1.36. The van der Waals surface area contributed by atoms with Crippen molar-refractivity contribution in [2.45, 2.75) is 12.6 Å². The third-order valence-corrected chi connectivity index (χ3v) is 2.27. The van der Waals surface area contributed by atoms with Gasteiger partial charge < -0.3 is 10.5 Å². The molecule has 0 spiro atoms. The van der Waals surface area contributed by atoms with Gasteiger partial charge in [-0.25, -0.2) is 4.79 Å². The van der Waals surface area contributed by atoms with Gasteiger partial charge in [-0.1, -0.05) is 30.3 Å². The fourth-order valence-corrected chi connectivity index (χ4v) is 1.36. The molecule has 1 fully saturated rings. The van der Waals surface area contributed by atoms with Gasteiger partial charge in [-0.3, -0.25) is 9.63 Å². The van der Waals surface area contributed by atoms with E-state index in [9.17, 15) is 9.59 Å². The lowest BCUT2D eigenvalue weighted by atomic mass is 10.2. The van der Waals surface area contributed by atoms with Crippen molar-refractivity contribution >= 4 is 12.0 Å². The predicted octanol–water partition coefficient (Wildman–Crippen LogP) is 0.424. The first-order valence-corrected chi connectivity index (χ1v) is 5.11. The van der Waals surface area contributed by atoms with E-state index >= 15 is 0 Å². The molecule has 90 valence electrons. The number of amides is 2. The topological polar surface area (TPSA) is 81.9 Å². The number of carbonyl (C=O) groups excluding carboxylic acids is 2. The number of imide groups is 1. The monoisotopic (exact) mass is 236 g/mol. The highest BCUT2D eigenvalue weighted by atomic mass is 16.7. The van der Waals surface area contributed by atoms with Crippen LogP contribution in [0.25, 0.3) is 0 Å². The standard InChI is InChI=1S/C11H12N2O4/c12-9-7-17-13(10(9)14)11(15)16-6-8-4-2-1-3-5-8/h1-5,9H,6-7,12H2. The maximum atomic E-state index is 11.5. The van der Waals surface area contributed by atoms with Crippen LogP contribution in [0.1, 0.15) is 5.56 Å². The molecule has 1 aromatic carbocycles. The highest BCUT2D eigenvalue weighted by molar-refractivity contribution is 5.94. The van der Waals surface area contributed by atoms with Crippen LogP contribution in [0.3, 0.4) is 0 Å². The highest BCUT2D eigenvalue weighted by Gasteiger charge is 2.36. The summed E-state index contributed by atoms with van der Waals surface area (Å²) in [5.41, 5.74) is 6.22. The maximum Gasteiger partial charge on any atom is 0.441 e. The molecule has 1 aromatic rings. The smallest absolute Gasteiger partial charge is 0.441 e. The number of nitrogens with zero attached hydrogens (tertiary/aromatic N) is 1. The molecule has 1 unspecified atom stereocenters. The molecule has 1 heterocycles. The number of hydrogen-bond acceptors (Lipinski definition) is 5. The Morgan fingerprint density at radius 2 is 2.18 bits per heavy atom. The van der Waals surface area contributed by atoms with Crippen molar-refractivity contribution in [1.82, 2.24) is 5.06 Å². The lowest BCUT2D eigenvalue weighted by Gasteiger charge is -2.12. The quantitative estimate of drug-likeness (QED) is 0.804. The predicted molar refractivity (Wildman–Crippen MR) is 57.4 cm³/mol. The molecule has 6 heteroatoms. The van der Waals surface area contributed by atoms with Crippen LogP contribution >= 0.6 is 0 Å². The van der Waals surface area contributed by atoms with Gasteiger partial charge in [0.1, 0.15) is 12.6 Å². The molecular formula is C11H12N2O4. The van der Waals surface area contributed by atoms with Gasteiger partial charge in [-0.05, 0) is 5.56 Å². The minimum absolute atomic E-state index is 0.000724. The van der Waals surface area contributed by atoms with Gasteiger partial charge in [0.15, 0.2) is 0 Å². The van der Waals surface area contributed by atoms with Crippen molar-refractivity contribution in [3.05, 3.63) is 35.9 Å². The number of benzene rings is 1. The summed E-state index contributed by atoms with van der Waals surface area (Å²) in [5.74, 6) is -0.580. The van der Waals surface area contributed by atoms with Gasteiger partial charge in [0.2, 0.25) is 0 Å². The summed E-state index contributed by atoms with van der Waals surface area (Å²) in [6, 6.07) is 8.35. The molecule has 2 rings (SSSR count). The first-order valence-electron chi connectivity index (χ1n) is 5.11. The van der Waals surface area contributed by atoms with E-state index in [1.54, 1.807) is 0 Å². The van der Waals surface area contributed by atoms with Gasteiger partial charge >= 0.3 is 6.09 Å². The van der Waals surface area contributed by atoms with Gasteiger partial charge in [0.25, 0.3) is 5.91 Å². The fraction of sp³-hybridized carbons (Fsp3) is 0.273. The average Bonchev–Trinajstić information content (AvgIpc) is 2.69. The molecule has 2 N–H and O–H groups in total. The van der Waals surface area contributed by atoms with Gasteiger partial charge in [0, 0.05) is 0 Å². The minimum Gasteiger partial charge on any atom is -0.443 e. The number of ether oxygens (including phenoxy) is 1. The van der Waals surface area contributed by atoms with E-state index in [1.807, 2.05) is 30.3 Å². The van der Waals surface area contributed by atoms with Crippen LogP contribution in [0.5, 0.6) is 0 Å². The Morgan fingerprint density at radius 1 is 1.47 bits per heavy atom. The summed E-state index contributed by atoms with van der Waals surface area (Å²) in [6.07, 6.45) is -0.841. The molecule has 1 aliphatic heterocycles. The third-order valence-electron chi connectivity index (χ3n) is 2.27. The van der Waals surface area contributed by atoms with Crippen LogP contribution in [0.4, 0.5) is 4.79 Å². The third kappa shape index (κ3) is 2.61. The van der Waals surface area contributed by atoms with E-state index in [1.165, 1.54) is 0 Å². The summed E-state index contributed by atoms with van der Waals surface area (Å²) < 4.78 is 4.92. The first-order chi connectivity index (χ1) is 8.18. The van der Waals surface area contributed by atoms with E-state index in [4.69, 9.17) is 15.3 Å². The molecule has 0 radical (unpaired) electrons. The normalized spacial score (nSPS) is 19.5. The second-order valence-corrected chi connectivity index (χ2v) is 3.58. The molecule has 6 nitrogen and oxygen atoms in total. The van der Waals surface area contributed by atoms with Crippen LogP contribution in [-0.4, -0.2) is 29.7 Å². The SMILES string of the molecule is NC1CON(C(=O)OCc2ccccc2)C1=O. The molecule has 0 aliphatic carbocycles. The maximum absolute atomic E-state index is 11.5.